The normalized spacial score (nSPS) is 15.4. The van der Waals surface area contributed by atoms with Gasteiger partial charge in [0.25, 0.3) is 0 Å². The Kier molecular flexibility index (Phi) is 5.41. The van der Waals surface area contributed by atoms with E-state index in [9.17, 15) is 9.59 Å². The van der Waals surface area contributed by atoms with Crippen LogP contribution in [0.1, 0.15) is 36.9 Å². The van der Waals surface area contributed by atoms with Crippen molar-refractivity contribution in [2.75, 3.05) is 17.2 Å². The van der Waals surface area contributed by atoms with Gasteiger partial charge < -0.3 is 20.7 Å². The maximum absolute atomic E-state index is 12.5. The summed E-state index contributed by atoms with van der Waals surface area (Å²) in [6, 6.07) is 12.8. The number of ether oxygens (including phenoxy) is 1. The van der Waals surface area contributed by atoms with E-state index in [4.69, 9.17) is 4.74 Å². The molecule has 26 heavy (non-hydrogen) atoms. The summed E-state index contributed by atoms with van der Waals surface area (Å²) in [5, 5.41) is 8.68. The van der Waals surface area contributed by atoms with Crippen molar-refractivity contribution >= 4 is 23.3 Å². The lowest BCUT2D eigenvalue weighted by molar-refractivity contribution is -0.115. The first-order chi connectivity index (χ1) is 12.6. The average Bonchev–Trinajstić information content (AvgIpc) is 2.64. The molecule has 1 aliphatic heterocycles. The van der Waals surface area contributed by atoms with Crippen LogP contribution in [0.15, 0.2) is 42.5 Å². The zero-order valence-corrected chi connectivity index (χ0v) is 15.0. The number of amides is 3. The molecule has 0 fully saturated rings. The number of carbonyl (C=O) groups is 2. The van der Waals surface area contributed by atoms with Gasteiger partial charge in [-0.05, 0) is 30.7 Å². The number of benzene rings is 2. The van der Waals surface area contributed by atoms with Gasteiger partial charge in [0.1, 0.15) is 5.75 Å². The highest BCUT2D eigenvalue weighted by Crippen LogP contribution is 2.31. The molecule has 136 valence electrons. The van der Waals surface area contributed by atoms with Gasteiger partial charge >= 0.3 is 6.03 Å². The number of carbonyl (C=O) groups excluding carboxylic acids is 2. The molecule has 6 heteroatoms. The number of anilines is 2. The molecule has 3 amide bonds. The number of hydrogen-bond donors (Lipinski definition) is 3. The first-order valence-corrected chi connectivity index (χ1v) is 8.76. The van der Waals surface area contributed by atoms with Gasteiger partial charge in [-0.2, -0.15) is 0 Å². The summed E-state index contributed by atoms with van der Waals surface area (Å²) >= 11 is 0. The number of para-hydroxylation sites is 1. The van der Waals surface area contributed by atoms with Crippen LogP contribution in [0.5, 0.6) is 5.75 Å². The zero-order valence-electron chi connectivity index (χ0n) is 15.0. The highest BCUT2D eigenvalue weighted by atomic mass is 16.5. The van der Waals surface area contributed by atoms with Crippen molar-refractivity contribution in [1.29, 1.82) is 0 Å². The first-order valence-electron chi connectivity index (χ1n) is 8.76. The van der Waals surface area contributed by atoms with Gasteiger partial charge in [-0.3, -0.25) is 4.79 Å². The fourth-order valence-electron chi connectivity index (χ4n) is 2.89. The smallest absolute Gasteiger partial charge is 0.319 e. The molecular formula is C20H23N3O3. The van der Waals surface area contributed by atoms with Crippen molar-refractivity contribution in [3.63, 3.8) is 0 Å². The van der Waals surface area contributed by atoms with Crippen LogP contribution in [0.3, 0.4) is 0 Å². The van der Waals surface area contributed by atoms with E-state index in [0.717, 1.165) is 23.3 Å². The van der Waals surface area contributed by atoms with Crippen LogP contribution in [0.2, 0.25) is 0 Å². The molecule has 2 aromatic rings. The minimum absolute atomic E-state index is 0.0666. The third-order valence-electron chi connectivity index (χ3n) is 4.35. The molecule has 3 N–H and O–H groups in total. The second-order valence-corrected chi connectivity index (χ2v) is 6.26. The van der Waals surface area contributed by atoms with E-state index in [1.807, 2.05) is 43.3 Å². The Hall–Kier alpha value is -3.02. The van der Waals surface area contributed by atoms with Gasteiger partial charge in [0.2, 0.25) is 5.91 Å². The molecule has 0 saturated carbocycles. The van der Waals surface area contributed by atoms with Crippen molar-refractivity contribution < 1.29 is 14.3 Å². The SMILES string of the molecule is CCC(=O)Nc1ccc(C)c(NC(=O)N[C@H]2CCOc3ccccc32)c1. The van der Waals surface area contributed by atoms with Crippen molar-refractivity contribution in [2.45, 2.75) is 32.7 Å². The summed E-state index contributed by atoms with van der Waals surface area (Å²) in [7, 11) is 0. The van der Waals surface area contributed by atoms with Gasteiger partial charge in [-0.25, -0.2) is 4.79 Å². The van der Waals surface area contributed by atoms with Gasteiger partial charge in [-0.15, -0.1) is 0 Å². The quantitative estimate of drug-likeness (QED) is 0.777. The van der Waals surface area contributed by atoms with Crippen molar-refractivity contribution in [3.8, 4) is 5.75 Å². The van der Waals surface area contributed by atoms with Crippen LogP contribution in [0.25, 0.3) is 0 Å². The van der Waals surface area contributed by atoms with Crippen LogP contribution in [-0.4, -0.2) is 18.5 Å². The molecule has 0 radical (unpaired) electrons. The molecule has 1 atom stereocenters. The van der Waals surface area contributed by atoms with Gasteiger partial charge in [0.05, 0.1) is 12.6 Å². The lowest BCUT2D eigenvalue weighted by Crippen LogP contribution is -2.35. The molecule has 0 unspecified atom stereocenters. The van der Waals surface area contributed by atoms with E-state index in [1.54, 1.807) is 13.0 Å². The Morgan fingerprint density at radius 2 is 1.96 bits per heavy atom. The van der Waals surface area contributed by atoms with E-state index in [1.165, 1.54) is 0 Å². The number of hydrogen-bond acceptors (Lipinski definition) is 3. The monoisotopic (exact) mass is 353 g/mol. The molecule has 0 saturated heterocycles. The molecule has 1 heterocycles. The maximum Gasteiger partial charge on any atom is 0.319 e. The number of rotatable bonds is 4. The Morgan fingerprint density at radius 3 is 2.77 bits per heavy atom. The highest BCUT2D eigenvalue weighted by Gasteiger charge is 2.22. The third kappa shape index (κ3) is 4.14. The average molecular weight is 353 g/mol. The fourth-order valence-corrected chi connectivity index (χ4v) is 2.89. The molecule has 0 spiro atoms. The van der Waals surface area contributed by atoms with Gasteiger partial charge in [0.15, 0.2) is 0 Å². The van der Waals surface area contributed by atoms with E-state index < -0.39 is 0 Å². The summed E-state index contributed by atoms with van der Waals surface area (Å²) in [5.41, 5.74) is 3.22. The maximum atomic E-state index is 12.5. The Balaban J connectivity index is 1.69. The topological polar surface area (TPSA) is 79.5 Å². The fraction of sp³-hybridized carbons (Fsp3) is 0.300. The van der Waals surface area contributed by atoms with E-state index in [0.29, 0.717) is 24.4 Å². The lowest BCUT2D eigenvalue weighted by atomic mass is 10.0. The van der Waals surface area contributed by atoms with Crippen molar-refractivity contribution in [2.24, 2.45) is 0 Å². The zero-order chi connectivity index (χ0) is 18.5. The predicted octanol–water partition coefficient (Wildman–Crippen LogP) is 3.99. The van der Waals surface area contributed by atoms with E-state index >= 15 is 0 Å². The highest BCUT2D eigenvalue weighted by molar-refractivity contribution is 5.94. The largest absolute Gasteiger partial charge is 0.493 e. The molecule has 6 nitrogen and oxygen atoms in total. The third-order valence-corrected chi connectivity index (χ3v) is 4.35. The summed E-state index contributed by atoms with van der Waals surface area (Å²) in [5.74, 6) is 0.743. The molecule has 1 aliphatic rings. The molecule has 0 bridgehead atoms. The van der Waals surface area contributed by atoms with Crippen LogP contribution in [0.4, 0.5) is 16.2 Å². The molecule has 3 rings (SSSR count). The minimum Gasteiger partial charge on any atom is -0.493 e. The minimum atomic E-state index is -0.284. The van der Waals surface area contributed by atoms with Gasteiger partial charge in [-0.1, -0.05) is 31.2 Å². The van der Waals surface area contributed by atoms with E-state index in [-0.39, 0.29) is 18.0 Å². The summed E-state index contributed by atoms with van der Waals surface area (Å²) in [4.78, 5) is 24.0. The number of aryl methyl sites for hydroxylation is 1. The summed E-state index contributed by atoms with van der Waals surface area (Å²) in [6.07, 6.45) is 1.12. The summed E-state index contributed by atoms with van der Waals surface area (Å²) in [6.45, 7) is 4.27. The van der Waals surface area contributed by atoms with Crippen molar-refractivity contribution in [3.05, 3.63) is 53.6 Å². The first kappa shape index (κ1) is 17.8. The predicted molar refractivity (Wildman–Crippen MR) is 102 cm³/mol. The van der Waals surface area contributed by atoms with Crippen molar-refractivity contribution in [1.82, 2.24) is 5.32 Å². The number of urea groups is 1. The van der Waals surface area contributed by atoms with Crippen LogP contribution in [0, 0.1) is 6.92 Å². The molecule has 2 aromatic carbocycles. The second-order valence-electron chi connectivity index (χ2n) is 6.26. The van der Waals surface area contributed by atoms with Crippen LogP contribution >= 0.6 is 0 Å². The summed E-state index contributed by atoms with van der Waals surface area (Å²) < 4.78 is 5.62. The number of fused-ring (bicyclic) bond motifs is 1. The second kappa shape index (κ2) is 7.91. The number of nitrogens with one attached hydrogen (secondary N) is 3. The standard InChI is InChI=1S/C20H23N3O3/c1-3-19(24)21-14-9-8-13(2)17(12-14)23-20(25)22-16-10-11-26-18-7-5-4-6-15(16)18/h4-9,12,16H,3,10-11H2,1-2H3,(H,21,24)(H2,22,23,25)/t16-/m0/s1. The van der Waals surface area contributed by atoms with Crippen LogP contribution < -0.4 is 20.7 Å². The van der Waals surface area contributed by atoms with Crippen LogP contribution in [-0.2, 0) is 4.79 Å². The van der Waals surface area contributed by atoms with Gasteiger partial charge in [0, 0.05) is 29.8 Å². The van der Waals surface area contributed by atoms with E-state index in [2.05, 4.69) is 16.0 Å². The Morgan fingerprint density at radius 1 is 1.15 bits per heavy atom. The lowest BCUT2D eigenvalue weighted by Gasteiger charge is -2.26. The Labute approximate surface area is 152 Å². The molecule has 0 aromatic heterocycles. The molecular weight excluding hydrogens is 330 g/mol. The Bertz CT molecular complexity index is 820. The molecule has 0 aliphatic carbocycles.